The molecule has 4 nitrogen and oxygen atoms in total. The molecular weight excluding hydrogens is 180 g/mol. The van der Waals surface area contributed by atoms with Crippen molar-refractivity contribution in [1.82, 2.24) is 4.98 Å². The summed E-state index contributed by atoms with van der Waals surface area (Å²) in [5, 5.41) is 18.7. The summed E-state index contributed by atoms with van der Waals surface area (Å²) in [6, 6.07) is 6.66. The van der Waals surface area contributed by atoms with E-state index in [1.807, 2.05) is 0 Å². The Bertz CT molecular complexity index is 469. The highest BCUT2D eigenvalue weighted by molar-refractivity contribution is 5.90. The van der Waals surface area contributed by atoms with E-state index < -0.39 is 6.29 Å². The lowest BCUT2D eigenvalue weighted by Crippen LogP contribution is -1.96. The van der Waals surface area contributed by atoms with Crippen molar-refractivity contribution in [1.29, 1.82) is 0 Å². The van der Waals surface area contributed by atoms with Crippen LogP contribution in [0.1, 0.15) is 11.9 Å². The van der Waals surface area contributed by atoms with Crippen molar-refractivity contribution in [2.75, 3.05) is 5.73 Å². The average molecular weight is 190 g/mol. The number of nitrogens with two attached hydrogens (primary N) is 1. The van der Waals surface area contributed by atoms with Crippen molar-refractivity contribution < 1.29 is 10.2 Å². The summed E-state index contributed by atoms with van der Waals surface area (Å²) < 4.78 is 0. The summed E-state index contributed by atoms with van der Waals surface area (Å²) in [5.41, 5.74) is 7.43. The molecule has 0 atom stereocenters. The van der Waals surface area contributed by atoms with E-state index in [1.165, 1.54) is 0 Å². The number of pyridine rings is 1. The molecule has 4 N–H and O–H groups in total. The van der Waals surface area contributed by atoms with E-state index in [0.29, 0.717) is 16.8 Å². The van der Waals surface area contributed by atoms with Crippen LogP contribution in [0, 0.1) is 0 Å². The molecule has 0 saturated heterocycles. The second kappa shape index (κ2) is 3.25. The third kappa shape index (κ3) is 1.41. The Morgan fingerprint density at radius 1 is 1.21 bits per heavy atom. The molecular formula is C10H10N2O2. The Labute approximate surface area is 80.6 Å². The first-order chi connectivity index (χ1) is 6.68. The lowest BCUT2D eigenvalue weighted by molar-refractivity contribution is -0.0423. The van der Waals surface area contributed by atoms with Crippen LogP contribution in [0.15, 0.2) is 30.5 Å². The van der Waals surface area contributed by atoms with E-state index in [4.69, 9.17) is 15.9 Å². The summed E-state index contributed by atoms with van der Waals surface area (Å²) >= 11 is 0. The van der Waals surface area contributed by atoms with Crippen molar-refractivity contribution in [2.24, 2.45) is 0 Å². The predicted octanol–water partition coefficient (Wildman–Crippen LogP) is 0.800. The molecule has 1 heterocycles. The van der Waals surface area contributed by atoms with Gasteiger partial charge < -0.3 is 15.9 Å². The second-order valence-corrected chi connectivity index (χ2v) is 3.05. The van der Waals surface area contributed by atoms with Gasteiger partial charge in [-0.05, 0) is 12.1 Å². The number of anilines is 1. The van der Waals surface area contributed by atoms with Gasteiger partial charge in [0.15, 0.2) is 6.29 Å². The van der Waals surface area contributed by atoms with E-state index in [1.54, 1.807) is 30.5 Å². The van der Waals surface area contributed by atoms with Gasteiger partial charge in [-0.3, -0.25) is 4.98 Å². The molecule has 0 fully saturated rings. The molecule has 2 aromatic rings. The molecule has 0 bridgehead atoms. The van der Waals surface area contributed by atoms with Crippen LogP contribution in [0.4, 0.5) is 5.69 Å². The largest absolute Gasteiger partial charge is 0.398 e. The van der Waals surface area contributed by atoms with Gasteiger partial charge >= 0.3 is 0 Å². The average Bonchev–Trinajstić information content (AvgIpc) is 2.17. The van der Waals surface area contributed by atoms with Crippen LogP contribution in [-0.2, 0) is 0 Å². The van der Waals surface area contributed by atoms with Crippen molar-refractivity contribution in [3.63, 3.8) is 0 Å². The number of fused-ring (bicyclic) bond motifs is 1. The highest BCUT2D eigenvalue weighted by Gasteiger charge is 2.04. The van der Waals surface area contributed by atoms with Gasteiger partial charge in [-0.15, -0.1) is 0 Å². The lowest BCUT2D eigenvalue weighted by atomic mass is 10.1. The number of nitrogens with zero attached hydrogens (tertiary/aromatic N) is 1. The minimum Gasteiger partial charge on any atom is -0.398 e. The van der Waals surface area contributed by atoms with Crippen molar-refractivity contribution >= 4 is 16.6 Å². The van der Waals surface area contributed by atoms with Crippen LogP contribution >= 0.6 is 0 Å². The van der Waals surface area contributed by atoms with Gasteiger partial charge in [0.1, 0.15) is 0 Å². The van der Waals surface area contributed by atoms with Gasteiger partial charge in [0.25, 0.3) is 0 Å². The Morgan fingerprint density at radius 3 is 2.71 bits per heavy atom. The Hall–Kier alpha value is -1.65. The molecule has 1 aromatic heterocycles. The predicted molar refractivity (Wildman–Crippen MR) is 53.3 cm³/mol. The molecule has 0 radical (unpaired) electrons. The Kier molecular flexibility index (Phi) is 2.07. The standard InChI is InChI=1S/C10H10N2O2/c11-8-3-4-12-9-5-6(10(13)14)1-2-7(8)9/h1-5,10,13-14H,(H2,11,12). The fourth-order valence-corrected chi connectivity index (χ4v) is 1.35. The molecule has 72 valence electrons. The molecule has 0 saturated carbocycles. The first-order valence-corrected chi connectivity index (χ1v) is 4.19. The topological polar surface area (TPSA) is 79.4 Å². The first-order valence-electron chi connectivity index (χ1n) is 4.19. The van der Waals surface area contributed by atoms with E-state index >= 15 is 0 Å². The summed E-state index contributed by atoms with van der Waals surface area (Å²) in [4.78, 5) is 4.08. The molecule has 1 aromatic carbocycles. The minimum absolute atomic E-state index is 0.413. The molecule has 0 aliphatic rings. The van der Waals surface area contributed by atoms with E-state index in [0.717, 1.165) is 5.39 Å². The lowest BCUT2D eigenvalue weighted by Gasteiger charge is -2.05. The maximum Gasteiger partial charge on any atom is 0.178 e. The normalized spacial score (nSPS) is 11.1. The summed E-state index contributed by atoms with van der Waals surface area (Å²) in [5.74, 6) is 0. The van der Waals surface area contributed by atoms with E-state index in [2.05, 4.69) is 4.98 Å². The highest BCUT2D eigenvalue weighted by atomic mass is 16.5. The van der Waals surface area contributed by atoms with Crippen LogP contribution in [0.2, 0.25) is 0 Å². The zero-order valence-electron chi connectivity index (χ0n) is 7.38. The van der Waals surface area contributed by atoms with Crippen LogP contribution in [0.3, 0.4) is 0 Å². The number of aliphatic hydroxyl groups is 2. The van der Waals surface area contributed by atoms with E-state index in [9.17, 15) is 0 Å². The van der Waals surface area contributed by atoms with Gasteiger partial charge in [-0.25, -0.2) is 0 Å². The quantitative estimate of drug-likeness (QED) is 0.581. The number of aromatic nitrogens is 1. The minimum atomic E-state index is -1.47. The van der Waals surface area contributed by atoms with Gasteiger partial charge in [0, 0.05) is 22.8 Å². The summed E-state index contributed by atoms with van der Waals surface area (Å²) in [7, 11) is 0. The number of aliphatic hydroxyl groups excluding tert-OH is 1. The SMILES string of the molecule is Nc1ccnc2cc(C(O)O)ccc12. The molecule has 4 heteroatoms. The molecule has 0 aliphatic heterocycles. The summed E-state index contributed by atoms with van der Waals surface area (Å²) in [6.07, 6.45) is 0.119. The number of nitrogen functional groups attached to an aromatic ring is 1. The number of hydrogen-bond acceptors (Lipinski definition) is 4. The fraction of sp³-hybridized carbons (Fsp3) is 0.100. The van der Waals surface area contributed by atoms with Crippen LogP contribution < -0.4 is 5.73 Å². The molecule has 0 unspecified atom stereocenters. The maximum atomic E-state index is 8.95. The van der Waals surface area contributed by atoms with Crippen molar-refractivity contribution in [2.45, 2.75) is 6.29 Å². The van der Waals surface area contributed by atoms with Gasteiger partial charge in [0.2, 0.25) is 0 Å². The fourth-order valence-electron chi connectivity index (χ4n) is 1.35. The summed E-state index contributed by atoms with van der Waals surface area (Å²) in [6.45, 7) is 0. The highest BCUT2D eigenvalue weighted by Crippen LogP contribution is 2.21. The van der Waals surface area contributed by atoms with Crippen molar-refractivity contribution in [3.8, 4) is 0 Å². The van der Waals surface area contributed by atoms with E-state index in [-0.39, 0.29) is 0 Å². The molecule has 0 spiro atoms. The smallest absolute Gasteiger partial charge is 0.178 e. The first kappa shape index (κ1) is 8.93. The zero-order chi connectivity index (χ0) is 10.1. The monoisotopic (exact) mass is 190 g/mol. The van der Waals surface area contributed by atoms with Crippen LogP contribution in [0.25, 0.3) is 10.9 Å². The third-order valence-corrected chi connectivity index (χ3v) is 2.10. The maximum absolute atomic E-state index is 8.95. The zero-order valence-corrected chi connectivity index (χ0v) is 7.38. The number of rotatable bonds is 1. The molecule has 14 heavy (non-hydrogen) atoms. The van der Waals surface area contributed by atoms with Crippen molar-refractivity contribution in [3.05, 3.63) is 36.0 Å². The van der Waals surface area contributed by atoms with Gasteiger partial charge in [-0.2, -0.15) is 0 Å². The van der Waals surface area contributed by atoms with Gasteiger partial charge in [0.05, 0.1) is 5.52 Å². The molecule has 0 amide bonds. The Morgan fingerprint density at radius 2 is 2.00 bits per heavy atom. The number of benzene rings is 1. The van der Waals surface area contributed by atoms with Crippen LogP contribution in [0.5, 0.6) is 0 Å². The van der Waals surface area contributed by atoms with Crippen LogP contribution in [-0.4, -0.2) is 15.2 Å². The second-order valence-electron chi connectivity index (χ2n) is 3.05. The molecule has 0 aliphatic carbocycles. The third-order valence-electron chi connectivity index (χ3n) is 2.10. The molecule has 2 rings (SSSR count). The number of hydrogen-bond donors (Lipinski definition) is 3. The Balaban J connectivity index is 2.67. The van der Waals surface area contributed by atoms with Gasteiger partial charge in [-0.1, -0.05) is 12.1 Å².